The molecule has 0 radical (unpaired) electrons. The molecule has 120 valence electrons. The van der Waals surface area contributed by atoms with Crippen molar-refractivity contribution in [1.29, 1.82) is 0 Å². The van der Waals surface area contributed by atoms with Crippen molar-refractivity contribution in [1.82, 2.24) is 5.32 Å². The standard InChI is InChI=1S/C16H33NO3/c1-8-16(7,19-12-9-13(2)3)10-11-17-14(18)20-15(4,5)6/h13H,8-12H2,1-7H3,(H,17,18). The molecule has 0 fully saturated rings. The Morgan fingerprint density at radius 2 is 1.80 bits per heavy atom. The third kappa shape index (κ3) is 10.1. The van der Waals surface area contributed by atoms with Gasteiger partial charge in [-0.05, 0) is 52.9 Å². The topological polar surface area (TPSA) is 47.6 Å². The summed E-state index contributed by atoms with van der Waals surface area (Å²) in [7, 11) is 0. The summed E-state index contributed by atoms with van der Waals surface area (Å²) in [6, 6.07) is 0. The fraction of sp³-hybridized carbons (Fsp3) is 0.938. The first-order chi connectivity index (χ1) is 9.08. The first-order valence-electron chi connectivity index (χ1n) is 7.69. The minimum absolute atomic E-state index is 0.177. The van der Waals surface area contributed by atoms with E-state index in [1.54, 1.807) is 0 Å². The molecule has 0 bridgehead atoms. The molecule has 0 aliphatic rings. The molecule has 0 heterocycles. The molecule has 0 aromatic rings. The highest BCUT2D eigenvalue weighted by Crippen LogP contribution is 2.20. The Bertz CT molecular complexity index is 284. The Balaban J connectivity index is 4.02. The molecule has 4 heteroatoms. The molecule has 0 aliphatic heterocycles. The van der Waals surface area contributed by atoms with Gasteiger partial charge in [0.1, 0.15) is 5.60 Å². The van der Waals surface area contributed by atoms with Gasteiger partial charge in [-0.15, -0.1) is 0 Å². The molecule has 0 rings (SSSR count). The number of rotatable bonds is 8. The average Bonchev–Trinajstić information content (AvgIpc) is 2.26. The SMILES string of the molecule is CCC(C)(CCNC(=O)OC(C)(C)C)OCCC(C)C. The fourth-order valence-electron chi connectivity index (χ4n) is 1.64. The van der Waals surface area contributed by atoms with Crippen molar-refractivity contribution in [2.45, 2.75) is 78.9 Å². The van der Waals surface area contributed by atoms with E-state index in [9.17, 15) is 4.79 Å². The second-order valence-electron chi connectivity index (χ2n) is 7.01. The van der Waals surface area contributed by atoms with Crippen molar-refractivity contribution in [3.63, 3.8) is 0 Å². The van der Waals surface area contributed by atoms with E-state index in [2.05, 4.69) is 33.0 Å². The summed E-state index contributed by atoms with van der Waals surface area (Å²) in [5.41, 5.74) is -0.629. The van der Waals surface area contributed by atoms with Gasteiger partial charge in [0.15, 0.2) is 0 Å². The van der Waals surface area contributed by atoms with Gasteiger partial charge in [0.05, 0.1) is 5.60 Å². The molecule has 4 nitrogen and oxygen atoms in total. The first-order valence-corrected chi connectivity index (χ1v) is 7.69. The molecule has 1 atom stereocenters. The summed E-state index contributed by atoms with van der Waals surface area (Å²) in [6.45, 7) is 15.5. The third-order valence-corrected chi connectivity index (χ3v) is 3.22. The van der Waals surface area contributed by atoms with Gasteiger partial charge in [-0.2, -0.15) is 0 Å². The van der Waals surface area contributed by atoms with E-state index < -0.39 is 5.60 Å². The van der Waals surface area contributed by atoms with Crippen LogP contribution < -0.4 is 5.32 Å². The molecular weight excluding hydrogens is 254 g/mol. The van der Waals surface area contributed by atoms with E-state index in [1.807, 2.05) is 20.8 Å². The van der Waals surface area contributed by atoms with Crippen molar-refractivity contribution in [3.05, 3.63) is 0 Å². The quantitative estimate of drug-likeness (QED) is 0.730. The van der Waals surface area contributed by atoms with Gasteiger partial charge < -0.3 is 14.8 Å². The highest BCUT2D eigenvalue weighted by atomic mass is 16.6. The van der Waals surface area contributed by atoms with Crippen molar-refractivity contribution in [2.75, 3.05) is 13.2 Å². The minimum atomic E-state index is -0.452. The predicted molar refractivity (Wildman–Crippen MR) is 83.0 cm³/mol. The number of carbonyl (C=O) groups is 1. The zero-order valence-corrected chi connectivity index (χ0v) is 14.3. The van der Waals surface area contributed by atoms with Gasteiger partial charge >= 0.3 is 6.09 Å². The predicted octanol–water partition coefficient (Wildman–Crippen LogP) is 4.13. The molecule has 0 saturated heterocycles. The van der Waals surface area contributed by atoms with Crippen molar-refractivity contribution < 1.29 is 14.3 Å². The Morgan fingerprint density at radius 1 is 1.20 bits per heavy atom. The Labute approximate surface area is 124 Å². The van der Waals surface area contributed by atoms with Crippen LogP contribution in [0.15, 0.2) is 0 Å². The van der Waals surface area contributed by atoms with Crippen LogP contribution in [0.2, 0.25) is 0 Å². The molecule has 1 N–H and O–H groups in total. The van der Waals surface area contributed by atoms with E-state index in [-0.39, 0.29) is 11.7 Å². The van der Waals surface area contributed by atoms with Crippen LogP contribution in [-0.4, -0.2) is 30.4 Å². The van der Waals surface area contributed by atoms with E-state index in [0.29, 0.717) is 12.5 Å². The summed E-state index contributed by atoms with van der Waals surface area (Å²) in [4.78, 5) is 11.6. The molecule has 0 aliphatic carbocycles. The maximum atomic E-state index is 11.6. The Morgan fingerprint density at radius 3 is 2.25 bits per heavy atom. The summed E-state index contributed by atoms with van der Waals surface area (Å²) >= 11 is 0. The van der Waals surface area contributed by atoms with Crippen LogP contribution in [0, 0.1) is 5.92 Å². The summed E-state index contributed by atoms with van der Waals surface area (Å²) in [5.74, 6) is 0.649. The van der Waals surface area contributed by atoms with Crippen molar-refractivity contribution >= 4 is 6.09 Å². The number of carbonyl (C=O) groups excluding carboxylic acids is 1. The maximum Gasteiger partial charge on any atom is 0.407 e. The lowest BCUT2D eigenvalue weighted by molar-refractivity contribution is -0.0439. The van der Waals surface area contributed by atoms with Crippen LogP contribution in [0.3, 0.4) is 0 Å². The summed E-state index contributed by atoms with van der Waals surface area (Å²) < 4.78 is 11.2. The van der Waals surface area contributed by atoms with Crippen LogP contribution in [0.25, 0.3) is 0 Å². The van der Waals surface area contributed by atoms with Crippen LogP contribution in [0.1, 0.15) is 67.7 Å². The second-order valence-corrected chi connectivity index (χ2v) is 7.01. The highest BCUT2D eigenvalue weighted by molar-refractivity contribution is 5.67. The molecule has 0 aromatic carbocycles. The lowest BCUT2D eigenvalue weighted by atomic mass is 9.98. The Hall–Kier alpha value is -0.770. The second kappa shape index (κ2) is 8.50. The summed E-state index contributed by atoms with van der Waals surface area (Å²) in [6.07, 6.45) is 2.43. The average molecular weight is 287 g/mol. The molecule has 1 unspecified atom stereocenters. The zero-order valence-electron chi connectivity index (χ0n) is 14.3. The van der Waals surface area contributed by atoms with Crippen LogP contribution >= 0.6 is 0 Å². The molecule has 0 saturated carbocycles. The lowest BCUT2D eigenvalue weighted by Gasteiger charge is -2.29. The largest absolute Gasteiger partial charge is 0.444 e. The number of hydrogen-bond acceptors (Lipinski definition) is 3. The van der Waals surface area contributed by atoms with E-state index in [1.165, 1.54) is 0 Å². The number of ether oxygens (including phenoxy) is 2. The van der Waals surface area contributed by atoms with Gasteiger partial charge in [-0.3, -0.25) is 0 Å². The van der Waals surface area contributed by atoms with Gasteiger partial charge in [0.25, 0.3) is 0 Å². The third-order valence-electron chi connectivity index (χ3n) is 3.22. The summed E-state index contributed by atoms with van der Waals surface area (Å²) in [5, 5.41) is 2.79. The molecule has 0 aromatic heterocycles. The molecule has 0 spiro atoms. The number of hydrogen-bond donors (Lipinski definition) is 1. The number of alkyl carbamates (subject to hydrolysis) is 1. The normalized spacial score (nSPS) is 15.0. The maximum absolute atomic E-state index is 11.6. The van der Waals surface area contributed by atoms with Crippen molar-refractivity contribution in [2.24, 2.45) is 5.92 Å². The van der Waals surface area contributed by atoms with Crippen LogP contribution in [0.5, 0.6) is 0 Å². The van der Waals surface area contributed by atoms with Crippen molar-refractivity contribution in [3.8, 4) is 0 Å². The lowest BCUT2D eigenvalue weighted by Crippen LogP contribution is -2.37. The minimum Gasteiger partial charge on any atom is -0.444 e. The molecular formula is C16H33NO3. The number of amides is 1. The van der Waals surface area contributed by atoms with Crippen LogP contribution in [-0.2, 0) is 9.47 Å². The highest BCUT2D eigenvalue weighted by Gasteiger charge is 2.23. The van der Waals surface area contributed by atoms with Gasteiger partial charge in [0, 0.05) is 13.2 Å². The van der Waals surface area contributed by atoms with Gasteiger partial charge in [-0.1, -0.05) is 20.8 Å². The van der Waals surface area contributed by atoms with Gasteiger partial charge in [0.2, 0.25) is 0 Å². The number of nitrogens with one attached hydrogen (secondary N) is 1. The van der Waals surface area contributed by atoms with E-state index in [0.717, 1.165) is 25.9 Å². The Kier molecular flexibility index (Phi) is 8.17. The molecule has 20 heavy (non-hydrogen) atoms. The molecule has 1 amide bonds. The van der Waals surface area contributed by atoms with E-state index >= 15 is 0 Å². The van der Waals surface area contributed by atoms with E-state index in [4.69, 9.17) is 9.47 Å². The van der Waals surface area contributed by atoms with Gasteiger partial charge in [-0.25, -0.2) is 4.79 Å². The van der Waals surface area contributed by atoms with Crippen LogP contribution in [0.4, 0.5) is 4.79 Å². The first kappa shape index (κ1) is 19.2. The smallest absolute Gasteiger partial charge is 0.407 e. The monoisotopic (exact) mass is 287 g/mol. The zero-order chi connectivity index (χ0) is 15.8. The fourth-order valence-corrected chi connectivity index (χ4v) is 1.64.